The fourth-order valence-corrected chi connectivity index (χ4v) is 4.28. The molecular weight excluding hydrogens is 426 g/mol. The molecule has 6 rings (SSSR count). The molecule has 1 aliphatic heterocycles. The largest absolute Gasteiger partial charge is 0.365 e. The Kier molecular flexibility index (Phi) is 5.22. The van der Waals surface area contributed by atoms with Crippen LogP contribution < -0.4 is 5.32 Å². The molecule has 34 heavy (non-hydrogen) atoms. The van der Waals surface area contributed by atoms with E-state index in [1.165, 1.54) is 0 Å². The molecule has 2 aliphatic rings. The second-order valence-corrected chi connectivity index (χ2v) is 9.11. The van der Waals surface area contributed by atoms with Gasteiger partial charge in [-0.05, 0) is 44.2 Å². The number of carbonyl (C=O) groups is 1. The molecule has 0 bridgehead atoms. The first-order valence-corrected chi connectivity index (χ1v) is 11.8. The molecule has 0 radical (unpaired) electrons. The summed E-state index contributed by atoms with van der Waals surface area (Å²) in [5.41, 5.74) is 4.09. The highest BCUT2D eigenvalue weighted by atomic mass is 16.2. The highest BCUT2D eigenvalue weighted by molar-refractivity contribution is 5.95. The molecule has 8 nitrogen and oxygen atoms in total. The second kappa shape index (κ2) is 8.53. The first-order valence-electron chi connectivity index (χ1n) is 11.8. The summed E-state index contributed by atoms with van der Waals surface area (Å²) in [6.45, 7) is 3.33. The lowest BCUT2D eigenvalue weighted by atomic mass is 10.1. The number of likely N-dealkylation sites (N-methyl/N-ethyl adjacent to an activating group) is 1. The number of hydrogen-bond acceptors (Lipinski definition) is 6. The highest BCUT2D eigenvalue weighted by Gasteiger charge is 2.25. The van der Waals surface area contributed by atoms with E-state index in [4.69, 9.17) is 9.97 Å². The van der Waals surface area contributed by atoms with Crippen molar-refractivity contribution in [3.05, 3.63) is 66.5 Å². The number of amides is 1. The molecule has 1 amide bonds. The van der Waals surface area contributed by atoms with E-state index in [1.54, 1.807) is 6.33 Å². The normalized spacial score (nSPS) is 16.7. The molecule has 0 unspecified atom stereocenters. The second-order valence-electron chi connectivity index (χ2n) is 9.11. The molecule has 0 spiro atoms. The number of benzene rings is 2. The van der Waals surface area contributed by atoms with Crippen molar-refractivity contribution in [3.8, 4) is 17.1 Å². The van der Waals surface area contributed by atoms with Crippen LogP contribution in [0.1, 0.15) is 23.2 Å². The lowest BCUT2D eigenvalue weighted by Crippen LogP contribution is -2.47. The number of nitrogens with one attached hydrogen (secondary N) is 1. The SMILES string of the molecule is CN1CCN(C(=O)c2ccc(-c3nc(NC4CC4)c4ncn(-c5ccccc5)c4n3)cc2)CC1. The number of hydrogen-bond donors (Lipinski definition) is 1. The van der Waals surface area contributed by atoms with Crippen LogP contribution in [-0.2, 0) is 0 Å². The number of fused-ring (bicyclic) bond motifs is 1. The van der Waals surface area contributed by atoms with E-state index in [9.17, 15) is 4.79 Å². The van der Waals surface area contributed by atoms with Gasteiger partial charge in [0.2, 0.25) is 0 Å². The number of nitrogens with zero attached hydrogens (tertiary/aromatic N) is 6. The lowest BCUT2D eigenvalue weighted by Gasteiger charge is -2.32. The number of piperazine rings is 1. The molecule has 1 N–H and O–H groups in total. The molecule has 1 aliphatic carbocycles. The smallest absolute Gasteiger partial charge is 0.253 e. The predicted molar refractivity (Wildman–Crippen MR) is 132 cm³/mol. The summed E-state index contributed by atoms with van der Waals surface area (Å²) >= 11 is 0. The average molecular weight is 454 g/mol. The highest BCUT2D eigenvalue weighted by Crippen LogP contribution is 2.30. The van der Waals surface area contributed by atoms with Gasteiger partial charge in [0.25, 0.3) is 5.91 Å². The monoisotopic (exact) mass is 453 g/mol. The van der Waals surface area contributed by atoms with Crippen LogP contribution in [0.15, 0.2) is 60.9 Å². The molecule has 1 saturated carbocycles. The minimum Gasteiger partial charge on any atom is -0.365 e. The molecule has 0 atom stereocenters. The van der Waals surface area contributed by atoms with Crippen LogP contribution in [0.25, 0.3) is 28.2 Å². The summed E-state index contributed by atoms with van der Waals surface area (Å²) in [7, 11) is 2.09. The van der Waals surface area contributed by atoms with E-state index in [0.717, 1.165) is 67.3 Å². The number of imidazole rings is 1. The van der Waals surface area contributed by atoms with Gasteiger partial charge in [-0.1, -0.05) is 30.3 Å². The maximum Gasteiger partial charge on any atom is 0.253 e. The topological polar surface area (TPSA) is 79.2 Å². The molecule has 3 heterocycles. The van der Waals surface area contributed by atoms with Crippen molar-refractivity contribution in [1.82, 2.24) is 29.3 Å². The molecular formula is C26H27N7O. The van der Waals surface area contributed by atoms with Gasteiger partial charge in [-0.3, -0.25) is 9.36 Å². The Morgan fingerprint density at radius 2 is 1.68 bits per heavy atom. The van der Waals surface area contributed by atoms with Crippen LogP contribution in [-0.4, -0.2) is 74.5 Å². The Bertz CT molecular complexity index is 1320. The van der Waals surface area contributed by atoms with Gasteiger partial charge in [0.15, 0.2) is 22.8 Å². The van der Waals surface area contributed by atoms with Gasteiger partial charge in [-0.2, -0.15) is 0 Å². The maximum atomic E-state index is 12.9. The van der Waals surface area contributed by atoms with E-state index < -0.39 is 0 Å². The summed E-state index contributed by atoms with van der Waals surface area (Å²) < 4.78 is 1.99. The van der Waals surface area contributed by atoms with Crippen molar-refractivity contribution in [3.63, 3.8) is 0 Å². The van der Waals surface area contributed by atoms with Gasteiger partial charge in [-0.25, -0.2) is 15.0 Å². The average Bonchev–Trinajstić information content (AvgIpc) is 3.59. The van der Waals surface area contributed by atoms with E-state index in [-0.39, 0.29) is 5.91 Å². The number of rotatable bonds is 5. The van der Waals surface area contributed by atoms with Gasteiger partial charge in [0.1, 0.15) is 6.33 Å². The van der Waals surface area contributed by atoms with E-state index in [0.29, 0.717) is 17.4 Å². The lowest BCUT2D eigenvalue weighted by molar-refractivity contribution is 0.0664. The third kappa shape index (κ3) is 4.01. The third-order valence-corrected chi connectivity index (χ3v) is 6.53. The number of carbonyl (C=O) groups excluding carboxylic acids is 1. The van der Waals surface area contributed by atoms with Crippen molar-refractivity contribution < 1.29 is 4.79 Å². The van der Waals surface area contributed by atoms with Crippen molar-refractivity contribution in [2.75, 3.05) is 38.5 Å². The fourth-order valence-electron chi connectivity index (χ4n) is 4.28. The summed E-state index contributed by atoms with van der Waals surface area (Å²) in [6.07, 6.45) is 4.08. The minimum atomic E-state index is 0.0780. The van der Waals surface area contributed by atoms with Crippen LogP contribution in [0.2, 0.25) is 0 Å². The quantitative estimate of drug-likeness (QED) is 0.499. The van der Waals surface area contributed by atoms with E-state index >= 15 is 0 Å². The first-order chi connectivity index (χ1) is 16.7. The van der Waals surface area contributed by atoms with Gasteiger partial charge < -0.3 is 15.1 Å². The predicted octanol–water partition coefficient (Wildman–Crippen LogP) is 3.44. The van der Waals surface area contributed by atoms with E-state index in [2.05, 4.69) is 22.2 Å². The molecule has 2 fully saturated rings. The number of anilines is 1. The van der Waals surface area contributed by atoms with Crippen molar-refractivity contribution in [2.45, 2.75) is 18.9 Å². The van der Waals surface area contributed by atoms with Crippen LogP contribution in [0.5, 0.6) is 0 Å². The molecule has 1 saturated heterocycles. The first kappa shape index (κ1) is 20.8. The third-order valence-electron chi connectivity index (χ3n) is 6.53. The van der Waals surface area contributed by atoms with Crippen LogP contribution in [0, 0.1) is 0 Å². The molecule has 172 valence electrons. The maximum absolute atomic E-state index is 12.9. The number of para-hydroxylation sites is 1. The molecule has 2 aromatic heterocycles. The molecule has 2 aromatic carbocycles. The van der Waals surface area contributed by atoms with Crippen molar-refractivity contribution >= 4 is 22.9 Å². The van der Waals surface area contributed by atoms with Gasteiger partial charge in [0.05, 0.1) is 0 Å². The molecule has 4 aromatic rings. The van der Waals surface area contributed by atoms with Gasteiger partial charge in [0, 0.05) is 49.0 Å². The van der Waals surface area contributed by atoms with Crippen LogP contribution in [0.4, 0.5) is 5.82 Å². The molecule has 8 heteroatoms. The fraction of sp³-hybridized carbons (Fsp3) is 0.308. The Balaban J connectivity index is 1.35. The standard InChI is InChI=1S/C26H27N7O/c1-31-13-15-32(16-14-31)26(34)19-9-7-18(8-10-19)23-29-24(28-20-11-12-20)22-25(30-23)33(17-27-22)21-5-3-2-4-6-21/h2-10,17,20H,11-16H2,1H3,(H,28,29,30). The Morgan fingerprint density at radius 1 is 0.941 bits per heavy atom. The van der Waals surface area contributed by atoms with Gasteiger partial charge >= 0.3 is 0 Å². The zero-order chi connectivity index (χ0) is 23.1. The summed E-state index contributed by atoms with van der Waals surface area (Å²) in [6, 6.07) is 18.2. The van der Waals surface area contributed by atoms with Crippen molar-refractivity contribution in [2.24, 2.45) is 0 Å². The Morgan fingerprint density at radius 3 is 2.38 bits per heavy atom. The summed E-state index contributed by atoms with van der Waals surface area (Å²) in [5, 5.41) is 3.52. The van der Waals surface area contributed by atoms with Crippen molar-refractivity contribution in [1.29, 1.82) is 0 Å². The van der Waals surface area contributed by atoms with E-state index in [1.807, 2.05) is 64.1 Å². The Hall–Kier alpha value is -3.78. The minimum absolute atomic E-state index is 0.0780. The Labute approximate surface area is 198 Å². The summed E-state index contributed by atoms with van der Waals surface area (Å²) in [4.78, 5) is 31.5. The number of aromatic nitrogens is 4. The summed E-state index contributed by atoms with van der Waals surface area (Å²) in [5.74, 6) is 1.45. The van der Waals surface area contributed by atoms with Gasteiger partial charge in [-0.15, -0.1) is 0 Å². The van der Waals surface area contributed by atoms with Crippen LogP contribution in [0.3, 0.4) is 0 Å². The zero-order valence-corrected chi connectivity index (χ0v) is 19.2. The zero-order valence-electron chi connectivity index (χ0n) is 19.2. The van der Waals surface area contributed by atoms with Crippen LogP contribution >= 0.6 is 0 Å².